The summed E-state index contributed by atoms with van der Waals surface area (Å²) in [5.74, 6) is 1.06. The molecule has 98 valence electrons. The number of nitrogens with zero attached hydrogens (tertiary/aromatic N) is 2. The first kappa shape index (κ1) is 13.3. The number of nitrogens with one attached hydrogen (secondary N) is 1. The van der Waals surface area contributed by atoms with Crippen molar-refractivity contribution in [2.75, 3.05) is 13.1 Å². The Morgan fingerprint density at radius 1 is 1.50 bits per heavy atom. The molecule has 0 radical (unpaired) electrons. The Kier molecular flexibility index (Phi) is 4.92. The van der Waals surface area contributed by atoms with Crippen molar-refractivity contribution in [2.24, 2.45) is 12.8 Å². The molecule has 2 heterocycles. The third-order valence-corrected chi connectivity index (χ3v) is 3.86. The van der Waals surface area contributed by atoms with Gasteiger partial charge in [0.1, 0.15) is 11.9 Å². The fourth-order valence-electron chi connectivity index (χ4n) is 1.95. The second kappa shape index (κ2) is 6.68. The van der Waals surface area contributed by atoms with Gasteiger partial charge in [0.25, 0.3) is 0 Å². The Morgan fingerprint density at radius 2 is 2.39 bits per heavy atom. The molecule has 0 aliphatic heterocycles. The van der Waals surface area contributed by atoms with Crippen LogP contribution in [-0.4, -0.2) is 22.6 Å². The molecule has 0 spiro atoms. The molecule has 0 bridgehead atoms. The summed E-state index contributed by atoms with van der Waals surface area (Å²) in [6.07, 6.45) is 5.99. The summed E-state index contributed by atoms with van der Waals surface area (Å²) in [5, 5.41) is 5.68. The van der Waals surface area contributed by atoms with Crippen LogP contribution in [0.4, 0.5) is 0 Å². The fraction of sp³-hybridized carbons (Fsp3) is 0.462. The molecule has 2 rings (SSSR count). The Labute approximate surface area is 112 Å². The molecular formula is C13H20N4S. The first-order valence-corrected chi connectivity index (χ1v) is 7.15. The van der Waals surface area contributed by atoms with Crippen molar-refractivity contribution in [3.63, 3.8) is 0 Å². The van der Waals surface area contributed by atoms with Gasteiger partial charge < -0.3 is 15.6 Å². The van der Waals surface area contributed by atoms with Gasteiger partial charge in [-0.3, -0.25) is 0 Å². The van der Waals surface area contributed by atoms with E-state index in [1.807, 2.05) is 19.4 Å². The van der Waals surface area contributed by atoms with E-state index < -0.39 is 0 Å². The van der Waals surface area contributed by atoms with Gasteiger partial charge in [0.05, 0.1) is 0 Å². The monoisotopic (exact) mass is 264 g/mol. The average Bonchev–Trinajstić information content (AvgIpc) is 3.01. The van der Waals surface area contributed by atoms with Crippen LogP contribution in [0.3, 0.4) is 0 Å². The predicted molar refractivity (Wildman–Crippen MR) is 75.7 cm³/mol. The van der Waals surface area contributed by atoms with Gasteiger partial charge in [-0.25, -0.2) is 4.98 Å². The Hall–Kier alpha value is -1.17. The van der Waals surface area contributed by atoms with E-state index in [1.165, 1.54) is 4.88 Å². The topological polar surface area (TPSA) is 55.9 Å². The maximum absolute atomic E-state index is 5.52. The summed E-state index contributed by atoms with van der Waals surface area (Å²) in [6.45, 7) is 1.72. The SMILES string of the molecule is Cn1ccnc1C(NCCCCN)c1cccs1. The van der Waals surface area contributed by atoms with Gasteiger partial charge in [-0.15, -0.1) is 11.3 Å². The molecule has 18 heavy (non-hydrogen) atoms. The van der Waals surface area contributed by atoms with Gasteiger partial charge in [0.15, 0.2) is 0 Å². The van der Waals surface area contributed by atoms with E-state index in [4.69, 9.17) is 5.73 Å². The van der Waals surface area contributed by atoms with Gasteiger partial charge in [0.2, 0.25) is 0 Å². The third-order valence-electron chi connectivity index (χ3n) is 2.92. The first-order chi connectivity index (χ1) is 8.83. The summed E-state index contributed by atoms with van der Waals surface area (Å²) < 4.78 is 2.07. The summed E-state index contributed by atoms with van der Waals surface area (Å²) >= 11 is 1.76. The minimum atomic E-state index is 0.183. The molecule has 0 saturated heterocycles. The number of hydrogen-bond acceptors (Lipinski definition) is 4. The molecule has 4 nitrogen and oxygen atoms in total. The second-order valence-corrected chi connectivity index (χ2v) is 5.27. The standard InChI is InChI=1S/C13H20N4S/c1-17-9-8-16-13(17)12(11-5-4-10-18-11)15-7-3-2-6-14/h4-5,8-10,12,15H,2-3,6-7,14H2,1H3. The Balaban J connectivity index is 2.07. The van der Waals surface area contributed by atoms with Crippen LogP contribution in [0.25, 0.3) is 0 Å². The van der Waals surface area contributed by atoms with E-state index in [9.17, 15) is 0 Å². The van der Waals surface area contributed by atoms with Crippen LogP contribution in [0.15, 0.2) is 29.9 Å². The molecule has 1 unspecified atom stereocenters. The number of unbranched alkanes of at least 4 members (excludes halogenated alkanes) is 1. The highest BCUT2D eigenvalue weighted by atomic mass is 32.1. The first-order valence-electron chi connectivity index (χ1n) is 6.27. The van der Waals surface area contributed by atoms with Crippen LogP contribution in [-0.2, 0) is 7.05 Å². The van der Waals surface area contributed by atoms with Crippen molar-refractivity contribution in [3.05, 3.63) is 40.6 Å². The third kappa shape index (κ3) is 3.19. The van der Waals surface area contributed by atoms with E-state index in [0.717, 1.165) is 31.8 Å². The highest BCUT2D eigenvalue weighted by Gasteiger charge is 2.18. The lowest BCUT2D eigenvalue weighted by Gasteiger charge is -2.17. The normalized spacial score (nSPS) is 12.8. The van der Waals surface area contributed by atoms with E-state index >= 15 is 0 Å². The van der Waals surface area contributed by atoms with E-state index in [-0.39, 0.29) is 6.04 Å². The largest absolute Gasteiger partial charge is 0.336 e. The number of thiophene rings is 1. The zero-order valence-electron chi connectivity index (χ0n) is 10.7. The fourth-order valence-corrected chi connectivity index (χ4v) is 2.74. The maximum atomic E-state index is 5.52. The molecule has 0 fully saturated rings. The van der Waals surface area contributed by atoms with Crippen LogP contribution in [0.2, 0.25) is 0 Å². The van der Waals surface area contributed by atoms with Crippen molar-refractivity contribution >= 4 is 11.3 Å². The minimum Gasteiger partial charge on any atom is -0.336 e. The van der Waals surface area contributed by atoms with Gasteiger partial charge in [-0.2, -0.15) is 0 Å². The number of hydrogen-bond donors (Lipinski definition) is 2. The van der Waals surface area contributed by atoms with Gasteiger partial charge in [-0.05, 0) is 37.4 Å². The zero-order chi connectivity index (χ0) is 12.8. The molecule has 3 N–H and O–H groups in total. The average molecular weight is 264 g/mol. The highest BCUT2D eigenvalue weighted by Crippen LogP contribution is 2.24. The molecule has 0 amide bonds. The lowest BCUT2D eigenvalue weighted by molar-refractivity contribution is 0.544. The highest BCUT2D eigenvalue weighted by molar-refractivity contribution is 7.10. The number of aromatic nitrogens is 2. The second-order valence-electron chi connectivity index (χ2n) is 4.29. The van der Waals surface area contributed by atoms with Crippen molar-refractivity contribution in [1.29, 1.82) is 0 Å². The summed E-state index contributed by atoms with van der Waals surface area (Å²) in [4.78, 5) is 5.76. The minimum absolute atomic E-state index is 0.183. The Bertz CT molecular complexity index is 449. The van der Waals surface area contributed by atoms with Crippen molar-refractivity contribution in [2.45, 2.75) is 18.9 Å². The zero-order valence-corrected chi connectivity index (χ0v) is 11.5. The van der Waals surface area contributed by atoms with Crippen LogP contribution < -0.4 is 11.1 Å². The summed E-state index contributed by atoms with van der Waals surface area (Å²) in [6, 6.07) is 4.42. The number of nitrogens with two attached hydrogens (primary N) is 1. The lowest BCUT2D eigenvalue weighted by atomic mass is 10.2. The van der Waals surface area contributed by atoms with Crippen molar-refractivity contribution in [3.8, 4) is 0 Å². The molecule has 0 aromatic carbocycles. The van der Waals surface area contributed by atoms with Crippen LogP contribution in [0.5, 0.6) is 0 Å². The van der Waals surface area contributed by atoms with E-state index in [1.54, 1.807) is 11.3 Å². The summed E-state index contributed by atoms with van der Waals surface area (Å²) in [7, 11) is 2.03. The molecule has 1 atom stereocenters. The number of rotatable bonds is 7. The number of aryl methyl sites for hydroxylation is 1. The van der Waals surface area contributed by atoms with Gasteiger partial charge >= 0.3 is 0 Å². The Morgan fingerprint density at radius 3 is 3.00 bits per heavy atom. The molecule has 0 aliphatic rings. The van der Waals surface area contributed by atoms with E-state index in [0.29, 0.717) is 0 Å². The van der Waals surface area contributed by atoms with Crippen molar-refractivity contribution in [1.82, 2.24) is 14.9 Å². The lowest BCUT2D eigenvalue weighted by Crippen LogP contribution is -2.25. The van der Waals surface area contributed by atoms with Gasteiger partial charge in [-0.1, -0.05) is 6.07 Å². The quantitative estimate of drug-likeness (QED) is 0.751. The molecular weight excluding hydrogens is 244 g/mol. The van der Waals surface area contributed by atoms with Crippen LogP contribution in [0.1, 0.15) is 29.6 Å². The van der Waals surface area contributed by atoms with Crippen LogP contribution >= 0.6 is 11.3 Å². The molecule has 2 aromatic heterocycles. The molecule has 0 saturated carbocycles. The van der Waals surface area contributed by atoms with Crippen molar-refractivity contribution < 1.29 is 0 Å². The summed E-state index contributed by atoms with van der Waals surface area (Å²) in [5.41, 5.74) is 5.52. The maximum Gasteiger partial charge on any atom is 0.131 e. The smallest absolute Gasteiger partial charge is 0.131 e. The van der Waals surface area contributed by atoms with Crippen LogP contribution in [0, 0.1) is 0 Å². The predicted octanol–water partition coefficient (Wildman–Crippen LogP) is 1.90. The molecule has 5 heteroatoms. The number of imidazole rings is 1. The van der Waals surface area contributed by atoms with Gasteiger partial charge in [0, 0.05) is 24.3 Å². The molecule has 0 aliphatic carbocycles. The molecule has 2 aromatic rings. The van der Waals surface area contributed by atoms with E-state index in [2.05, 4.69) is 32.4 Å².